The number of sulfone groups is 1. The van der Waals surface area contributed by atoms with Crippen molar-refractivity contribution in [1.82, 2.24) is 4.90 Å². The molecule has 78 valence electrons. The number of hydrogen-bond donors (Lipinski definition) is 0. The van der Waals surface area contributed by atoms with Gasteiger partial charge in [0, 0.05) is 6.54 Å². The zero-order valence-electron chi connectivity index (χ0n) is 8.49. The second-order valence-electron chi connectivity index (χ2n) is 3.96. The molecule has 0 atom stereocenters. The molecule has 13 heavy (non-hydrogen) atoms. The molecule has 3 nitrogen and oxygen atoms in total. The molecule has 0 amide bonds. The van der Waals surface area contributed by atoms with Crippen LogP contribution in [0.15, 0.2) is 0 Å². The Bertz CT molecular complexity index is 240. The summed E-state index contributed by atoms with van der Waals surface area (Å²) in [5.74, 6) is 0.324. The minimum atomic E-state index is -2.83. The van der Waals surface area contributed by atoms with Crippen LogP contribution in [0.1, 0.15) is 26.7 Å². The van der Waals surface area contributed by atoms with Gasteiger partial charge in [-0.15, -0.1) is 0 Å². The zero-order chi connectivity index (χ0) is 9.90. The molecular formula is C9H19NO2S. The van der Waals surface area contributed by atoms with E-state index in [1.807, 2.05) is 0 Å². The van der Waals surface area contributed by atoms with Gasteiger partial charge in [0.25, 0.3) is 0 Å². The summed E-state index contributed by atoms with van der Waals surface area (Å²) in [6.07, 6.45) is 2.45. The van der Waals surface area contributed by atoms with Gasteiger partial charge >= 0.3 is 0 Å². The van der Waals surface area contributed by atoms with E-state index in [1.54, 1.807) is 13.8 Å². The zero-order valence-corrected chi connectivity index (χ0v) is 9.31. The third-order valence-corrected chi connectivity index (χ3v) is 4.80. The smallest absolute Gasteiger partial charge is 0.153 e. The lowest BCUT2D eigenvalue weighted by molar-refractivity contribution is 0.359. The van der Waals surface area contributed by atoms with Crippen molar-refractivity contribution >= 4 is 9.84 Å². The summed E-state index contributed by atoms with van der Waals surface area (Å²) in [7, 11) is -2.83. The first-order valence-corrected chi connectivity index (χ1v) is 6.68. The van der Waals surface area contributed by atoms with E-state index in [0.717, 1.165) is 19.6 Å². The Morgan fingerprint density at radius 2 is 1.77 bits per heavy atom. The first-order valence-electron chi connectivity index (χ1n) is 4.96. The molecule has 1 heterocycles. The molecule has 0 aromatic rings. The molecule has 0 saturated carbocycles. The minimum absolute atomic E-state index is 0.227. The molecular weight excluding hydrogens is 186 g/mol. The largest absolute Gasteiger partial charge is 0.302 e. The molecule has 0 aromatic heterocycles. The van der Waals surface area contributed by atoms with Gasteiger partial charge in [0.05, 0.1) is 11.0 Å². The van der Waals surface area contributed by atoms with Gasteiger partial charge in [0.15, 0.2) is 9.84 Å². The van der Waals surface area contributed by atoms with Crippen LogP contribution in [-0.2, 0) is 9.84 Å². The topological polar surface area (TPSA) is 37.4 Å². The molecule has 0 spiro atoms. The summed E-state index contributed by atoms with van der Waals surface area (Å²) in [6, 6.07) is 0. The van der Waals surface area contributed by atoms with Crippen LogP contribution in [0, 0.1) is 0 Å². The van der Waals surface area contributed by atoms with E-state index in [1.165, 1.54) is 12.8 Å². The van der Waals surface area contributed by atoms with E-state index in [0.29, 0.717) is 5.75 Å². The molecule has 1 fully saturated rings. The van der Waals surface area contributed by atoms with Gasteiger partial charge in [-0.1, -0.05) is 0 Å². The number of rotatable bonds is 4. The van der Waals surface area contributed by atoms with Crippen LogP contribution in [0.25, 0.3) is 0 Å². The lowest BCUT2D eigenvalue weighted by Gasteiger charge is -2.15. The first-order chi connectivity index (χ1) is 6.02. The third kappa shape index (κ3) is 3.27. The fourth-order valence-electron chi connectivity index (χ4n) is 1.50. The fraction of sp³-hybridized carbons (Fsp3) is 1.00. The predicted octanol–water partition coefficient (Wildman–Crippen LogP) is 0.905. The third-order valence-electron chi connectivity index (χ3n) is 2.61. The molecule has 1 saturated heterocycles. The molecule has 1 aliphatic rings. The maximum atomic E-state index is 11.5. The first kappa shape index (κ1) is 11.0. The molecule has 0 unspecified atom stereocenters. The fourth-order valence-corrected chi connectivity index (χ4v) is 2.48. The standard InChI is InChI=1S/C9H19NO2S/c1-9(2)13(11,12)8-7-10-5-3-4-6-10/h9H,3-8H2,1-2H3. The van der Waals surface area contributed by atoms with Gasteiger partial charge in [-0.3, -0.25) is 0 Å². The average molecular weight is 205 g/mol. The van der Waals surface area contributed by atoms with Crippen molar-refractivity contribution in [3.05, 3.63) is 0 Å². The van der Waals surface area contributed by atoms with Crippen LogP contribution in [-0.4, -0.2) is 44.0 Å². The Labute approximate surface area is 81.0 Å². The van der Waals surface area contributed by atoms with Crippen molar-refractivity contribution in [3.63, 3.8) is 0 Å². The van der Waals surface area contributed by atoms with Gasteiger partial charge in [-0.2, -0.15) is 0 Å². The van der Waals surface area contributed by atoms with Gasteiger partial charge in [-0.25, -0.2) is 8.42 Å². The SMILES string of the molecule is CC(C)S(=O)(=O)CCN1CCCC1. The molecule has 0 N–H and O–H groups in total. The lowest BCUT2D eigenvalue weighted by Crippen LogP contribution is -2.29. The second kappa shape index (κ2) is 4.42. The molecule has 0 aliphatic carbocycles. The molecule has 4 heteroatoms. The summed E-state index contributed by atoms with van der Waals surface area (Å²) in [5.41, 5.74) is 0. The summed E-state index contributed by atoms with van der Waals surface area (Å²) in [6.45, 7) is 6.38. The monoisotopic (exact) mass is 205 g/mol. The van der Waals surface area contributed by atoms with Crippen LogP contribution in [0.2, 0.25) is 0 Å². The van der Waals surface area contributed by atoms with Crippen molar-refractivity contribution < 1.29 is 8.42 Å². The van der Waals surface area contributed by atoms with Gasteiger partial charge in [0.1, 0.15) is 0 Å². The Morgan fingerprint density at radius 1 is 1.23 bits per heavy atom. The van der Waals surface area contributed by atoms with Crippen molar-refractivity contribution in [2.24, 2.45) is 0 Å². The Hall–Kier alpha value is -0.0900. The normalized spacial score (nSPS) is 19.9. The highest BCUT2D eigenvalue weighted by Gasteiger charge is 2.19. The average Bonchev–Trinajstić information content (AvgIpc) is 2.52. The second-order valence-corrected chi connectivity index (χ2v) is 6.64. The highest BCUT2D eigenvalue weighted by Crippen LogP contribution is 2.08. The van der Waals surface area contributed by atoms with Crippen molar-refractivity contribution in [2.45, 2.75) is 31.9 Å². The van der Waals surface area contributed by atoms with E-state index in [2.05, 4.69) is 4.90 Å². The van der Waals surface area contributed by atoms with Crippen LogP contribution in [0.5, 0.6) is 0 Å². The number of nitrogens with zero attached hydrogens (tertiary/aromatic N) is 1. The van der Waals surface area contributed by atoms with Crippen molar-refractivity contribution in [1.29, 1.82) is 0 Å². The summed E-state index contributed by atoms with van der Waals surface area (Å²) in [5, 5.41) is -0.227. The van der Waals surface area contributed by atoms with Gasteiger partial charge in [0.2, 0.25) is 0 Å². The molecule has 0 radical (unpaired) electrons. The summed E-state index contributed by atoms with van der Waals surface area (Å²) >= 11 is 0. The molecule has 1 aliphatic heterocycles. The van der Waals surface area contributed by atoms with Crippen LogP contribution in [0.3, 0.4) is 0 Å². The van der Waals surface area contributed by atoms with Crippen molar-refractivity contribution in [3.8, 4) is 0 Å². The van der Waals surface area contributed by atoms with Crippen molar-refractivity contribution in [2.75, 3.05) is 25.4 Å². The minimum Gasteiger partial charge on any atom is -0.302 e. The van der Waals surface area contributed by atoms with E-state index in [9.17, 15) is 8.42 Å². The summed E-state index contributed by atoms with van der Waals surface area (Å²) < 4.78 is 22.9. The predicted molar refractivity (Wildman–Crippen MR) is 54.6 cm³/mol. The maximum Gasteiger partial charge on any atom is 0.153 e. The van der Waals surface area contributed by atoms with E-state index in [-0.39, 0.29) is 5.25 Å². The van der Waals surface area contributed by atoms with Gasteiger partial charge in [-0.05, 0) is 39.8 Å². The van der Waals surface area contributed by atoms with Gasteiger partial charge < -0.3 is 4.90 Å². The van der Waals surface area contributed by atoms with E-state index >= 15 is 0 Å². The van der Waals surface area contributed by atoms with E-state index in [4.69, 9.17) is 0 Å². The van der Waals surface area contributed by atoms with Crippen LogP contribution < -0.4 is 0 Å². The molecule has 0 bridgehead atoms. The molecule has 0 aromatic carbocycles. The quantitative estimate of drug-likeness (QED) is 0.684. The Balaban J connectivity index is 2.33. The van der Waals surface area contributed by atoms with Crippen LogP contribution >= 0.6 is 0 Å². The lowest BCUT2D eigenvalue weighted by atomic mass is 10.4. The Kier molecular flexibility index (Phi) is 3.74. The summed E-state index contributed by atoms with van der Waals surface area (Å²) in [4.78, 5) is 2.24. The maximum absolute atomic E-state index is 11.5. The highest BCUT2D eigenvalue weighted by atomic mass is 32.2. The highest BCUT2D eigenvalue weighted by molar-refractivity contribution is 7.92. The van der Waals surface area contributed by atoms with Crippen LogP contribution in [0.4, 0.5) is 0 Å². The number of likely N-dealkylation sites (tertiary alicyclic amines) is 1. The number of hydrogen-bond acceptors (Lipinski definition) is 3. The molecule has 1 rings (SSSR count). The van der Waals surface area contributed by atoms with E-state index < -0.39 is 9.84 Å². The Morgan fingerprint density at radius 3 is 2.23 bits per heavy atom.